The average Bonchev–Trinajstić information content (AvgIpc) is 3.23. The molecule has 1 aliphatic rings. The number of amides is 2. The molecule has 4 aromatic heterocycles. The van der Waals surface area contributed by atoms with E-state index in [1.807, 2.05) is 41.8 Å². The molecule has 4 heterocycles. The van der Waals surface area contributed by atoms with Crippen LogP contribution in [0.1, 0.15) is 30.1 Å². The molecule has 0 bridgehead atoms. The van der Waals surface area contributed by atoms with Crippen molar-refractivity contribution in [3.05, 3.63) is 65.6 Å². The highest BCUT2D eigenvalue weighted by Gasteiger charge is 2.25. The molecule has 0 unspecified atom stereocenters. The fourth-order valence-corrected chi connectivity index (χ4v) is 5.04. The van der Waals surface area contributed by atoms with Crippen LogP contribution < -0.4 is 16.0 Å². The Morgan fingerprint density at radius 1 is 1.11 bits per heavy atom. The summed E-state index contributed by atoms with van der Waals surface area (Å²) in [6.45, 7) is 1.94. The number of thiazole rings is 1. The molecule has 13 heteroatoms. The molecule has 0 aliphatic heterocycles. The molecule has 1 aromatic carbocycles. The van der Waals surface area contributed by atoms with Crippen LogP contribution in [0.5, 0.6) is 0 Å². The van der Waals surface area contributed by atoms with Crippen molar-refractivity contribution in [1.29, 1.82) is 0 Å². The minimum Gasteiger partial charge on any atom is -0.318 e. The summed E-state index contributed by atoms with van der Waals surface area (Å²) in [4.78, 5) is 38.5. The molecule has 0 radical (unpaired) electrons. The zero-order valence-corrected chi connectivity index (χ0v) is 21.2. The van der Waals surface area contributed by atoms with E-state index in [9.17, 15) is 9.59 Å². The number of anilines is 4. The van der Waals surface area contributed by atoms with Gasteiger partial charge in [-0.3, -0.25) is 24.4 Å². The van der Waals surface area contributed by atoms with Crippen molar-refractivity contribution in [3.63, 3.8) is 0 Å². The molecule has 6 rings (SSSR count). The van der Waals surface area contributed by atoms with E-state index >= 15 is 0 Å². The van der Waals surface area contributed by atoms with Crippen molar-refractivity contribution < 1.29 is 9.59 Å². The van der Waals surface area contributed by atoms with Crippen LogP contribution in [-0.4, -0.2) is 41.4 Å². The van der Waals surface area contributed by atoms with Gasteiger partial charge in [-0.2, -0.15) is 5.10 Å². The van der Waals surface area contributed by atoms with Crippen molar-refractivity contribution in [3.8, 4) is 0 Å². The number of aromatic nitrogens is 6. The first-order valence-electron chi connectivity index (χ1n) is 11.5. The monoisotopic (exact) mass is 531 g/mol. The molecular formula is C24H21N9O2S2. The number of hydrogen-bond acceptors (Lipinski definition) is 9. The Morgan fingerprint density at radius 2 is 1.92 bits per heavy atom. The van der Waals surface area contributed by atoms with Crippen molar-refractivity contribution >= 4 is 63.1 Å². The van der Waals surface area contributed by atoms with Crippen molar-refractivity contribution in [2.45, 2.75) is 35.6 Å². The Bertz CT molecular complexity index is 1590. The molecule has 37 heavy (non-hydrogen) atoms. The summed E-state index contributed by atoms with van der Waals surface area (Å²) in [7, 11) is 0. The van der Waals surface area contributed by atoms with Gasteiger partial charge in [-0.15, -0.1) is 11.3 Å². The summed E-state index contributed by atoms with van der Waals surface area (Å²) in [5.41, 5.74) is 3.29. The fourth-order valence-electron chi connectivity index (χ4n) is 3.70. The van der Waals surface area contributed by atoms with Gasteiger partial charge in [-0.05, 0) is 44.0 Å². The lowest BCUT2D eigenvalue weighted by Crippen LogP contribution is -2.28. The van der Waals surface area contributed by atoms with E-state index < -0.39 is 11.8 Å². The maximum atomic E-state index is 12.2. The van der Waals surface area contributed by atoms with Crippen LogP contribution in [-0.2, 0) is 9.59 Å². The molecule has 1 aliphatic carbocycles. The lowest BCUT2D eigenvalue weighted by atomic mass is 10.3. The zero-order chi connectivity index (χ0) is 25.4. The van der Waals surface area contributed by atoms with Gasteiger partial charge in [0.25, 0.3) is 0 Å². The predicted molar refractivity (Wildman–Crippen MR) is 142 cm³/mol. The number of fused-ring (bicyclic) bond motifs is 1. The van der Waals surface area contributed by atoms with Crippen LogP contribution >= 0.6 is 23.1 Å². The molecule has 1 saturated carbocycles. The number of carbonyl (C=O) groups excluding carboxylic acids is 2. The molecule has 0 saturated heterocycles. The fraction of sp³-hybridized carbons (Fsp3) is 0.167. The number of rotatable bonds is 7. The predicted octanol–water partition coefficient (Wildman–Crippen LogP) is 4.57. The van der Waals surface area contributed by atoms with E-state index in [-0.39, 0.29) is 0 Å². The Kier molecular flexibility index (Phi) is 6.06. The first-order valence-corrected chi connectivity index (χ1v) is 13.2. The maximum Gasteiger partial charge on any atom is 0.315 e. The maximum absolute atomic E-state index is 12.2. The number of H-pyrrole nitrogens is 1. The average molecular weight is 532 g/mol. The smallest absolute Gasteiger partial charge is 0.315 e. The third-order valence-corrected chi connectivity index (χ3v) is 7.21. The summed E-state index contributed by atoms with van der Waals surface area (Å²) in [6, 6.07) is 11.1. The topological polar surface area (TPSA) is 142 Å². The van der Waals surface area contributed by atoms with Gasteiger partial charge in [-0.25, -0.2) is 15.0 Å². The lowest BCUT2D eigenvalue weighted by molar-refractivity contribution is -0.132. The van der Waals surface area contributed by atoms with Gasteiger partial charge >= 0.3 is 11.8 Å². The summed E-state index contributed by atoms with van der Waals surface area (Å²) < 4.78 is 1.90. The van der Waals surface area contributed by atoms with Gasteiger partial charge in [0.05, 0.1) is 5.69 Å². The van der Waals surface area contributed by atoms with Crippen LogP contribution in [0.15, 0.2) is 64.1 Å². The zero-order valence-electron chi connectivity index (χ0n) is 19.6. The van der Waals surface area contributed by atoms with Gasteiger partial charge in [-0.1, -0.05) is 11.8 Å². The molecule has 1 fully saturated rings. The second kappa shape index (κ2) is 9.67. The number of carbonyl (C=O) groups is 2. The molecule has 11 nitrogen and oxygen atoms in total. The number of nitrogens with zero attached hydrogens (tertiary/aromatic N) is 5. The first-order chi connectivity index (χ1) is 18.0. The van der Waals surface area contributed by atoms with Crippen LogP contribution in [0.25, 0.3) is 5.65 Å². The van der Waals surface area contributed by atoms with E-state index in [1.165, 1.54) is 35.9 Å². The van der Waals surface area contributed by atoms with Gasteiger partial charge in [0.1, 0.15) is 10.7 Å². The lowest BCUT2D eigenvalue weighted by Gasteiger charge is -2.09. The summed E-state index contributed by atoms with van der Waals surface area (Å²) in [5, 5.41) is 18.7. The third kappa shape index (κ3) is 5.32. The van der Waals surface area contributed by atoms with Crippen molar-refractivity contribution in [1.82, 2.24) is 29.5 Å². The van der Waals surface area contributed by atoms with Gasteiger partial charge in [0.15, 0.2) is 10.9 Å². The largest absolute Gasteiger partial charge is 0.318 e. The molecule has 2 amide bonds. The Morgan fingerprint density at radius 3 is 2.68 bits per heavy atom. The molecule has 0 atom stereocenters. The molecular weight excluding hydrogens is 510 g/mol. The summed E-state index contributed by atoms with van der Waals surface area (Å²) in [5.74, 6) is 0.361. The van der Waals surface area contributed by atoms with Crippen LogP contribution in [0.2, 0.25) is 0 Å². The highest BCUT2D eigenvalue weighted by Crippen LogP contribution is 2.39. The van der Waals surface area contributed by atoms with E-state index in [2.05, 4.69) is 36.1 Å². The second-order valence-electron chi connectivity index (χ2n) is 8.51. The molecule has 0 spiro atoms. The van der Waals surface area contributed by atoms with Crippen LogP contribution in [0.3, 0.4) is 0 Å². The number of imidazole rings is 1. The SMILES string of the molecule is Cc1cn2c(Nc3cc(C4CC4)[nH]n3)nc(Sc3ccc(NC(=O)C(=O)Nc4nccs4)cc3)cc2n1. The van der Waals surface area contributed by atoms with E-state index in [4.69, 9.17) is 4.98 Å². The number of hydrogen-bond donors (Lipinski definition) is 4. The highest BCUT2D eigenvalue weighted by atomic mass is 32.2. The molecule has 5 aromatic rings. The van der Waals surface area contributed by atoms with Gasteiger partial charge < -0.3 is 10.6 Å². The second-order valence-corrected chi connectivity index (χ2v) is 10.5. The standard InChI is InChI=1S/C24H21N9O2S2/c1-13-12-33-19(26-13)11-20(29-23(33)28-18-10-17(31-32-18)14-2-3-14)37-16-6-4-15(5-7-16)27-21(34)22(35)30-24-25-8-9-36-24/h4-12,14H,2-3H2,1H3,(H,27,34)(H,25,30,35)(H2,28,29,31,32). The van der Waals surface area contributed by atoms with Gasteiger partial charge in [0.2, 0.25) is 5.95 Å². The van der Waals surface area contributed by atoms with Crippen LogP contribution in [0.4, 0.5) is 22.6 Å². The highest BCUT2D eigenvalue weighted by molar-refractivity contribution is 7.99. The van der Waals surface area contributed by atoms with E-state index in [0.717, 1.165) is 27.0 Å². The molecule has 186 valence electrons. The normalized spacial score (nSPS) is 13.0. The summed E-state index contributed by atoms with van der Waals surface area (Å²) in [6.07, 6.45) is 5.87. The number of nitrogens with one attached hydrogen (secondary N) is 4. The van der Waals surface area contributed by atoms with E-state index in [0.29, 0.717) is 28.5 Å². The van der Waals surface area contributed by atoms with Gasteiger partial charge in [0, 0.05) is 52.1 Å². The quantitative estimate of drug-likeness (QED) is 0.177. The van der Waals surface area contributed by atoms with Crippen molar-refractivity contribution in [2.75, 3.05) is 16.0 Å². The first kappa shape index (κ1) is 23.2. The Balaban J connectivity index is 1.16. The Hall–Kier alpha value is -4.23. The third-order valence-electron chi connectivity index (χ3n) is 5.60. The number of benzene rings is 1. The molecule has 4 N–H and O–H groups in total. The Labute approximate surface area is 219 Å². The van der Waals surface area contributed by atoms with Crippen molar-refractivity contribution in [2.24, 2.45) is 0 Å². The number of aromatic amines is 1. The number of aryl methyl sites for hydroxylation is 1. The van der Waals surface area contributed by atoms with E-state index in [1.54, 1.807) is 23.7 Å². The van der Waals surface area contributed by atoms with Crippen LogP contribution in [0, 0.1) is 6.92 Å². The summed E-state index contributed by atoms with van der Waals surface area (Å²) >= 11 is 2.70. The minimum atomic E-state index is -0.776. The minimum absolute atomic E-state index is 0.369.